The van der Waals surface area contributed by atoms with E-state index in [0.717, 1.165) is 22.9 Å². The quantitative estimate of drug-likeness (QED) is 0.545. The Balaban J connectivity index is 1.94. The van der Waals surface area contributed by atoms with Gasteiger partial charge in [0.15, 0.2) is 0 Å². The number of fused-ring (bicyclic) bond motifs is 2. The first-order chi connectivity index (χ1) is 10.3. The van der Waals surface area contributed by atoms with E-state index in [-0.39, 0.29) is 0 Å². The molecule has 3 heteroatoms. The van der Waals surface area contributed by atoms with Gasteiger partial charge in [0.2, 0.25) is 5.88 Å². The third-order valence-corrected chi connectivity index (χ3v) is 4.88. The molecule has 21 heavy (non-hydrogen) atoms. The van der Waals surface area contributed by atoms with Crippen LogP contribution < -0.4 is 0 Å². The van der Waals surface area contributed by atoms with Crippen molar-refractivity contribution in [2.45, 2.75) is 13.3 Å². The summed E-state index contributed by atoms with van der Waals surface area (Å²) in [4.78, 5) is 0. The Morgan fingerprint density at radius 1 is 1.05 bits per heavy atom. The van der Waals surface area contributed by atoms with Crippen molar-refractivity contribution in [1.29, 1.82) is 0 Å². The van der Waals surface area contributed by atoms with E-state index in [1.54, 1.807) is 11.3 Å². The maximum absolute atomic E-state index is 10.6. The van der Waals surface area contributed by atoms with Crippen LogP contribution in [0.4, 0.5) is 0 Å². The van der Waals surface area contributed by atoms with Gasteiger partial charge >= 0.3 is 0 Å². The Morgan fingerprint density at radius 3 is 2.81 bits per heavy atom. The smallest absolute Gasteiger partial charge is 0.203 e. The molecule has 2 aromatic carbocycles. The highest BCUT2D eigenvalue weighted by Crippen LogP contribution is 2.32. The van der Waals surface area contributed by atoms with Crippen LogP contribution in [-0.2, 0) is 6.42 Å². The van der Waals surface area contributed by atoms with Crippen molar-refractivity contribution in [2.75, 3.05) is 0 Å². The van der Waals surface area contributed by atoms with Crippen LogP contribution in [0.15, 0.2) is 54.0 Å². The van der Waals surface area contributed by atoms with Gasteiger partial charge in [-0.25, -0.2) is 0 Å². The minimum atomic E-state index is 0.315. The summed E-state index contributed by atoms with van der Waals surface area (Å²) in [5.74, 6) is 0.315. The fraction of sp³-hybridized carbons (Fsp3) is 0.111. The number of benzene rings is 2. The van der Waals surface area contributed by atoms with E-state index in [2.05, 4.69) is 54.8 Å². The first-order valence-corrected chi connectivity index (χ1v) is 7.95. The molecule has 2 nitrogen and oxygen atoms in total. The SMILES string of the molecule is CCc1ccc2cn(-c3ccc4sccc4c3)c(O)c2c1. The van der Waals surface area contributed by atoms with Gasteiger partial charge in [-0.05, 0) is 53.1 Å². The molecule has 2 aromatic heterocycles. The summed E-state index contributed by atoms with van der Waals surface area (Å²) in [6, 6.07) is 14.7. The lowest BCUT2D eigenvalue weighted by Crippen LogP contribution is -1.90. The van der Waals surface area contributed by atoms with Crippen LogP contribution in [0.2, 0.25) is 0 Å². The van der Waals surface area contributed by atoms with Crippen LogP contribution in [0.3, 0.4) is 0 Å². The normalized spacial score (nSPS) is 11.5. The Hall–Kier alpha value is -2.26. The second-order valence-corrected chi connectivity index (χ2v) is 6.19. The molecule has 4 rings (SSSR count). The fourth-order valence-corrected chi connectivity index (χ4v) is 3.53. The standard InChI is InChI=1S/C18H15NOS/c1-2-12-3-4-14-11-19(18(20)16(14)9-12)15-5-6-17-13(10-15)7-8-21-17/h3-11,20H,2H2,1H3. The van der Waals surface area contributed by atoms with E-state index >= 15 is 0 Å². The predicted molar refractivity (Wildman–Crippen MR) is 89.7 cm³/mol. The number of hydrogen-bond donors (Lipinski definition) is 1. The van der Waals surface area contributed by atoms with Crippen LogP contribution in [0.5, 0.6) is 5.88 Å². The van der Waals surface area contributed by atoms with Crippen molar-refractivity contribution in [3.05, 3.63) is 59.6 Å². The molecule has 2 heterocycles. The molecule has 0 saturated heterocycles. The van der Waals surface area contributed by atoms with Gasteiger partial charge in [-0.2, -0.15) is 0 Å². The lowest BCUT2D eigenvalue weighted by Gasteiger charge is -2.05. The zero-order valence-corrected chi connectivity index (χ0v) is 12.5. The first kappa shape index (κ1) is 12.5. The van der Waals surface area contributed by atoms with E-state index < -0.39 is 0 Å². The summed E-state index contributed by atoms with van der Waals surface area (Å²) in [5.41, 5.74) is 2.23. The molecule has 0 aliphatic heterocycles. The predicted octanol–water partition coefficient (Wildman–Crippen LogP) is 5.11. The second kappa shape index (κ2) is 4.64. The van der Waals surface area contributed by atoms with Crippen LogP contribution in [-0.4, -0.2) is 9.67 Å². The Bertz CT molecular complexity index is 948. The average molecular weight is 293 g/mol. The highest BCUT2D eigenvalue weighted by atomic mass is 32.1. The van der Waals surface area contributed by atoms with Crippen LogP contribution in [0.1, 0.15) is 12.5 Å². The van der Waals surface area contributed by atoms with Gasteiger partial charge in [-0.3, -0.25) is 4.57 Å². The molecule has 0 amide bonds. The fourth-order valence-electron chi connectivity index (χ4n) is 2.76. The third-order valence-electron chi connectivity index (χ3n) is 3.98. The van der Waals surface area contributed by atoms with Crippen molar-refractivity contribution >= 4 is 32.2 Å². The Labute approximate surface area is 126 Å². The van der Waals surface area contributed by atoms with Gasteiger partial charge in [-0.1, -0.05) is 19.1 Å². The minimum absolute atomic E-state index is 0.315. The number of aromatic nitrogens is 1. The van der Waals surface area contributed by atoms with Crippen molar-refractivity contribution < 1.29 is 5.11 Å². The van der Waals surface area contributed by atoms with Gasteiger partial charge in [0.1, 0.15) is 0 Å². The number of thiophene rings is 1. The highest BCUT2D eigenvalue weighted by Gasteiger charge is 2.10. The maximum atomic E-state index is 10.6. The van der Waals surface area contributed by atoms with E-state index in [4.69, 9.17) is 0 Å². The Morgan fingerprint density at radius 2 is 1.95 bits per heavy atom. The molecule has 0 atom stereocenters. The average Bonchev–Trinajstić information content (AvgIpc) is 3.11. The number of rotatable bonds is 2. The molecule has 0 unspecified atom stereocenters. The summed E-state index contributed by atoms with van der Waals surface area (Å²) < 4.78 is 3.13. The molecule has 0 fully saturated rings. The summed E-state index contributed by atoms with van der Waals surface area (Å²) in [6.45, 7) is 2.12. The van der Waals surface area contributed by atoms with E-state index in [0.29, 0.717) is 5.88 Å². The molecule has 4 aromatic rings. The number of aryl methyl sites for hydroxylation is 1. The minimum Gasteiger partial charge on any atom is -0.494 e. The van der Waals surface area contributed by atoms with Gasteiger partial charge < -0.3 is 5.11 Å². The van der Waals surface area contributed by atoms with E-state index in [1.165, 1.54) is 15.6 Å². The summed E-state index contributed by atoms with van der Waals surface area (Å²) >= 11 is 1.73. The van der Waals surface area contributed by atoms with Crippen molar-refractivity contribution in [2.24, 2.45) is 0 Å². The number of nitrogens with zero attached hydrogens (tertiary/aromatic N) is 1. The highest BCUT2D eigenvalue weighted by molar-refractivity contribution is 7.17. The number of hydrogen-bond acceptors (Lipinski definition) is 2. The monoisotopic (exact) mass is 293 g/mol. The van der Waals surface area contributed by atoms with Crippen molar-refractivity contribution in [1.82, 2.24) is 4.57 Å². The molecule has 104 valence electrons. The van der Waals surface area contributed by atoms with Crippen LogP contribution >= 0.6 is 11.3 Å². The van der Waals surface area contributed by atoms with Crippen molar-refractivity contribution in [3.8, 4) is 11.6 Å². The zero-order chi connectivity index (χ0) is 14.4. The van der Waals surface area contributed by atoms with Crippen molar-refractivity contribution in [3.63, 3.8) is 0 Å². The molecule has 1 N–H and O–H groups in total. The van der Waals surface area contributed by atoms with Crippen LogP contribution in [0.25, 0.3) is 26.5 Å². The molecule has 0 aliphatic rings. The molecule has 0 bridgehead atoms. The molecule has 0 saturated carbocycles. The lowest BCUT2D eigenvalue weighted by molar-refractivity contribution is 0.448. The molecular formula is C18H15NOS. The molecule has 0 spiro atoms. The van der Waals surface area contributed by atoms with E-state index in [9.17, 15) is 5.11 Å². The summed E-state index contributed by atoms with van der Waals surface area (Å²) in [6.07, 6.45) is 2.97. The van der Waals surface area contributed by atoms with Crippen LogP contribution in [0, 0.1) is 0 Å². The molecular weight excluding hydrogens is 278 g/mol. The van der Waals surface area contributed by atoms with Gasteiger partial charge in [-0.15, -0.1) is 11.3 Å². The topological polar surface area (TPSA) is 25.2 Å². The largest absolute Gasteiger partial charge is 0.494 e. The summed E-state index contributed by atoms with van der Waals surface area (Å²) in [7, 11) is 0. The second-order valence-electron chi connectivity index (χ2n) is 5.24. The summed E-state index contributed by atoms with van der Waals surface area (Å²) in [5, 5.41) is 15.8. The molecule has 0 radical (unpaired) electrons. The molecule has 0 aliphatic carbocycles. The third kappa shape index (κ3) is 1.93. The Kier molecular flexibility index (Phi) is 2.76. The first-order valence-electron chi connectivity index (χ1n) is 7.07. The maximum Gasteiger partial charge on any atom is 0.203 e. The van der Waals surface area contributed by atoms with Gasteiger partial charge in [0, 0.05) is 27.4 Å². The number of aromatic hydroxyl groups is 1. The van der Waals surface area contributed by atoms with Gasteiger partial charge in [0.05, 0.1) is 0 Å². The lowest BCUT2D eigenvalue weighted by atomic mass is 10.1. The zero-order valence-electron chi connectivity index (χ0n) is 11.7. The van der Waals surface area contributed by atoms with Gasteiger partial charge in [0.25, 0.3) is 0 Å². The van der Waals surface area contributed by atoms with E-state index in [1.807, 2.05) is 10.8 Å².